The van der Waals surface area contributed by atoms with E-state index >= 15 is 0 Å². The maximum atomic E-state index is 10.8. The normalized spacial score (nSPS) is 47.6. The van der Waals surface area contributed by atoms with Gasteiger partial charge in [0.15, 0.2) is 0 Å². The second-order valence-electron chi connectivity index (χ2n) is 7.31. The number of aliphatic carboxylic acids is 1. The first kappa shape index (κ1) is 13.5. The van der Waals surface area contributed by atoms with Crippen molar-refractivity contribution in [3.05, 3.63) is 0 Å². The zero-order chi connectivity index (χ0) is 13.6. The van der Waals surface area contributed by atoms with Crippen molar-refractivity contribution in [3.63, 3.8) is 0 Å². The predicted molar refractivity (Wildman–Crippen MR) is 75.7 cm³/mol. The Kier molecular flexibility index (Phi) is 3.61. The molecule has 19 heavy (non-hydrogen) atoms. The van der Waals surface area contributed by atoms with E-state index in [-0.39, 0.29) is 0 Å². The number of carboxylic acids is 1. The molecule has 0 radical (unpaired) electrons. The molecular formula is C17H28O2. The van der Waals surface area contributed by atoms with Crippen LogP contribution in [0.15, 0.2) is 0 Å². The summed E-state index contributed by atoms with van der Waals surface area (Å²) in [5, 5.41) is 8.91. The highest BCUT2D eigenvalue weighted by atomic mass is 16.4. The van der Waals surface area contributed by atoms with Gasteiger partial charge in [-0.2, -0.15) is 0 Å². The third-order valence-corrected chi connectivity index (χ3v) is 6.74. The monoisotopic (exact) mass is 264 g/mol. The molecule has 2 bridgehead atoms. The molecule has 3 aliphatic rings. The van der Waals surface area contributed by atoms with E-state index in [1.807, 2.05) is 0 Å². The molecule has 2 heteroatoms. The van der Waals surface area contributed by atoms with E-state index in [4.69, 9.17) is 5.11 Å². The highest BCUT2D eigenvalue weighted by Crippen LogP contribution is 2.66. The molecule has 0 spiro atoms. The van der Waals surface area contributed by atoms with Gasteiger partial charge in [0.25, 0.3) is 0 Å². The van der Waals surface area contributed by atoms with E-state index in [2.05, 4.69) is 13.8 Å². The number of rotatable bonds is 5. The highest BCUT2D eigenvalue weighted by Gasteiger charge is 2.59. The van der Waals surface area contributed by atoms with Crippen molar-refractivity contribution in [2.45, 2.75) is 58.8 Å². The molecule has 1 N–H and O–H groups in total. The average molecular weight is 264 g/mol. The first-order chi connectivity index (χ1) is 9.15. The Morgan fingerprint density at radius 3 is 2.32 bits per heavy atom. The van der Waals surface area contributed by atoms with Crippen molar-refractivity contribution in [3.8, 4) is 0 Å². The Morgan fingerprint density at radius 1 is 1.00 bits per heavy atom. The fraction of sp³-hybridized carbons (Fsp3) is 0.941. The third-order valence-electron chi connectivity index (χ3n) is 6.74. The SMILES string of the molecule is CCC1CC(CC)C2C3CC(CC3CCC(=O)O)C12. The fourth-order valence-electron chi connectivity index (χ4n) is 6.17. The molecule has 3 rings (SSSR count). The summed E-state index contributed by atoms with van der Waals surface area (Å²) in [5.41, 5.74) is 0. The summed E-state index contributed by atoms with van der Waals surface area (Å²) in [5.74, 6) is 5.80. The van der Waals surface area contributed by atoms with E-state index in [1.165, 1.54) is 32.1 Å². The van der Waals surface area contributed by atoms with Gasteiger partial charge in [-0.25, -0.2) is 0 Å². The van der Waals surface area contributed by atoms with Gasteiger partial charge in [0, 0.05) is 6.42 Å². The molecule has 3 fully saturated rings. The Balaban J connectivity index is 1.71. The van der Waals surface area contributed by atoms with Gasteiger partial charge in [-0.05, 0) is 67.1 Å². The van der Waals surface area contributed by atoms with Gasteiger partial charge in [-0.15, -0.1) is 0 Å². The molecule has 2 nitrogen and oxygen atoms in total. The second-order valence-corrected chi connectivity index (χ2v) is 7.31. The number of hydrogen-bond donors (Lipinski definition) is 1. The molecule has 108 valence electrons. The summed E-state index contributed by atoms with van der Waals surface area (Å²) in [6.07, 6.45) is 8.25. The first-order valence-electron chi connectivity index (χ1n) is 8.37. The minimum Gasteiger partial charge on any atom is -0.481 e. The molecule has 3 saturated carbocycles. The molecular weight excluding hydrogens is 236 g/mol. The van der Waals surface area contributed by atoms with E-state index in [1.54, 1.807) is 0 Å². The van der Waals surface area contributed by atoms with E-state index < -0.39 is 5.97 Å². The topological polar surface area (TPSA) is 37.3 Å². The molecule has 0 amide bonds. The lowest BCUT2D eigenvalue weighted by Gasteiger charge is -2.35. The number of hydrogen-bond acceptors (Lipinski definition) is 1. The minimum absolute atomic E-state index is 0.388. The second kappa shape index (κ2) is 5.10. The Labute approximate surface area is 117 Å². The van der Waals surface area contributed by atoms with Crippen LogP contribution in [0.1, 0.15) is 58.8 Å². The van der Waals surface area contributed by atoms with Crippen LogP contribution in [0.4, 0.5) is 0 Å². The van der Waals surface area contributed by atoms with Gasteiger partial charge >= 0.3 is 5.97 Å². The van der Waals surface area contributed by atoms with Crippen molar-refractivity contribution >= 4 is 5.97 Å². The van der Waals surface area contributed by atoms with Crippen LogP contribution in [0, 0.1) is 41.4 Å². The van der Waals surface area contributed by atoms with Crippen molar-refractivity contribution in [1.82, 2.24) is 0 Å². The summed E-state index contributed by atoms with van der Waals surface area (Å²) in [6.45, 7) is 4.73. The summed E-state index contributed by atoms with van der Waals surface area (Å²) in [7, 11) is 0. The van der Waals surface area contributed by atoms with Crippen LogP contribution in [0.5, 0.6) is 0 Å². The van der Waals surface area contributed by atoms with Gasteiger partial charge in [0.1, 0.15) is 0 Å². The maximum Gasteiger partial charge on any atom is 0.303 e. The fourth-order valence-corrected chi connectivity index (χ4v) is 6.17. The minimum atomic E-state index is -0.607. The third kappa shape index (κ3) is 2.11. The Bertz CT molecular complexity index is 351. The zero-order valence-electron chi connectivity index (χ0n) is 12.3. The Hall–Kier alpha value is -0.530. The summed E-state index contributed by atoms with van der Waals surface area (Å²) < 4.78 is 0. The molecule has 0 aromatic rings. The van der Waals surface area contributed by atoms with Gasteiger partial charge in [-0.3, -0.25) is 4.79 Å². The number of carbonyl (C=O) groups is 1. The highest BCUT2D eigenvalue weighted by molar-refractivity contribution is 5.66. The lowest BCUT2D eigenvalue weighted by molar-refractivity contribution is -0.137. The van der Waals surface area contributed by atoms with Crippen LogP contribution in [0.25, 0.3) is 0 Å². The molecule has 7 unspecified atom stereocenters. The summed E-state index contributed by atoms with van der Waals surface area (Å²) in [4.78, 5) is 10.8. The maximum absolute atomic E-state index is 10.8. The summed E-state index contributed by atoms with van der Waals surface area (Å²) in [6, 6.07) is 0. The van der Waals surface area contributed by atoms with Gasteiger partial charge in [0.05, 0.1) is 0 Å². The zero-order valence-corrected chi connectivity index (χ0v) is 12.3. The smallest absolute Gasteiger partial charge is 0.303 e. The molecule has 0 saturated heterocycles. The van der Waals surface area contributed by atoms with Gasteiger partial charge in [-0.1, -0.05) is 26.7 Å². The average Bonchev–Trinajstić information content (AvgIpc) is 3.05. The molecule has 0 aliphatic heterocycles. The van der Waals surface area contributed by atoms with Crippen molar-refractivity contribution < 1.29 is 9.90 Å². The van der Waals surface area contributed by atoms with Crippen molar-refractivity contribution in [2.75, 3.05) is 0 Å². The molecule has 0 aromatic carbocycles. The van der Waals surface area contributed by atoms with Crippen LogP contribution < -0.4 is 0 Å². The quantitative estimate of drug-likeness (QED) is 0.808. The van der Waals surface area contributed by atoms with Crippen LogP contribution in [0.2, 0.25) is 0 Å². The van der Waals surface area contributed by atoms with Crippen LogP contribution in [-0.2, 0) is 4.79 Å². The molecule has 3 aliphatic carbocycles. The van der Waals surface area contributed by atoms with Crippen LogP contribution in [-0.4, -0.2) is 11.1 Å². The largest absolute Gasteiger partial charge is 0.481 e. The van der Waals surface area contributed by atoms with E-state index in [9.17, 15) is 4.79 Å². The van der Waals surface area contributed by atoms with Crippen molar-refractivity contribution in [1.29, 1.82) is 0 Å². The first-order valence-corrected chi connectivity index (χ1v) is 8.37. The summed E-state index contributed by atoms with van der Waals surface area (Å²) >= 11 is 0. The standard InChI is InChI=1S/C17H28O2/c1-3-10-7-11(4-2)17-14-9-13(16(10)17)8-12(14)5-6-15(18)19/h10-14,16-17H,3-9H2,1-2H3,(H,18,19). The molecule has 0 aromatic heterocycles. The van der Waals surface area contributed by atoms with Crippen LogP contribution >= 0.6 is 0 Å². The Morgan fingerprint density at radius 2 is 1.68 bits per heavy atom. The van der Waals surface area contributed by atoms with Gasteiger partial charge < -0.3 is 5.11 Å². The van der Waals surface area contributed by atoms with Crippen LogP contribution in [0.3, 0.4) is 0 Å². The van der Waals surface area contributed by atoms with E-state index in [0.717, 1.165) is 47.8 Å². The molecule has 0 heterocycles. The molecule has 7 atom stereocenters. The lowest BCUT2D eigenvalue weighted by atomic mass is 9.69. The number of fused-ring (bicyclic) bond motifs is 5. The lowest BCUT2D eigenvalue weighted by Crippen LogP contribution is -2.30. The predicted octanol–water partition coefficient (Wildman–Crippen LogP) is 4.20. The van der Waals surface area contributed by atoms with Gasteiger partial charge in [0.2, 0.25) is 0 Å². The number of carboxylic acid groups (broad SMARTS) is 1. The van der Waals surface area contributed by atoms with E-state index in [0.29, 0.717) is 6.42 Å². The van der Waals surface area contributed by atoms with Crippen molar-refractivity contribution in [2.24, 2.45) is 41.4 Å².